The molecule has 0 saturated heterocycles. The van der Waals surface area contributed by atoms with Crippen molar-refractivity contribution in [3.05, 3.63) is 71.8 Å². The van der Waals surface area contributed by atoms with Crippen molar-refractivity contribution in [1.82, 2.24) is 30.1 Å². The highest BCUT2D eigenvalue weighted by molar-refractivity contribution is 5.24. The second-order valence-corrected chi connectivity index (χ2v) is 7.35. The van der Waals surface area contributed by atoms with E-state index in [4.69, 9.17) is 0 Å². The average molecular weight is 350 g/mol. The lowest BCUT2D eigenvalue weighted by Crippen LogP contribution is -2.35. The van der Waals surface area contributed by atoms with E-state index in [1.165, 1.54) is 5.56 Å². The van der Waals surface area contributed by atoms with E-state index < -0.39 is 0 Å². The molecule has 2 heterocycles. The van der Waals surface area contributed by atoms with Crippen LogP contribution in [0.5, 0.6) is 0 Å². The van der Waals surface area contributed by atoms with E-state index in [-0.39, 0.29) is 11.6 Å². The fraction of sp³-hybridized carbons (Fsp3) is 0.400. The third-order valence-corrected chi connectivity index (χ3v) is 4.40. The van der Waals surface area contributed by atoms with Gasteiger partial charge in [-0.3, -0.25) is 9.88 Å². The minimum atomic E-state index is -0.198. The Bertz CT molecular complexity index is 807. The average Bonchev–Trinajstić information content (AvgIpc) is 3.13. The number of nitrogens with zero attached hydrogens (tertiary/aromatic N) is 6. The lowest BCUT2D eigenvalue weighted by Gasteiger charge is -2.32. The fourth-order valence-electron chi connectivity index (χ4n) is 3.11. The van der Waals surface area contributed by atoms with Gasteiger partial charge in [-0.25, -0.2) is 4.68 Å². The SMILES string of the molecule is CCN(Cc1ccccc1)[C@H](c1ccncc1)c1nnnn1C(C)(C)C. The largest absolute Gasteiger partial charge is 0.286 e. The Morgan fingerprint density at radius 1 is 1.04 bits per heavy atom. The van der Waals surface area contributed by atoms with Crippen LogP contribution in [0, 0.1) is 0 Å². The molecule has 0 fully saturated rings. The zero-order valence-electron chi connectivity index (χ0n) is 15.9. The molecule has 26 heavy (non-hydrogen) atoms. The summed E-state index contributed by atoms with van der Waals surface area (Å²) in [6.45, 7) is 10.2. The molecule has 2 aromatic heterocycles. The predicted molar refractivity (Wildman–Crippen MR) is 101 cm³/mol. The molecule has 0 aliphatic rings. The van der Waals surface area contributed by atoms with E-state index in [2.05, 4.69) is 77.4 Å². The molecule has 3 rings (SSSR count). The van der Waals surface area contributed by atoms with Crippen LogP contribution >= 0.6 is 0 Å². The first kappa shape index (κ1) is 18.2. The highest BCUT2D eigenvalue weighted by Crippen LogP contribution is 2.30. The standard InChI is InChI=1S/C20H26N6/c1-5-25(15-16-9-7-6-8-10-16)18(17-11-13-21-14-12-17)19-22-23-24-26(19)20(2,3)4/h6-14,18H,5,15H2,1-4H3/t18-/m1/s1. The molecule has 1 aromatic carbocycles. The number of pyridine rings is 1. The highest BCUT2D eigenvalue weighted by atomic mass is 15.6. The Hall–Kier alpha value is -2.60. The number of hydrogen-bond donors (Lipinski definition) is 0. The maximum atomic E-state index is 4.41. The van der Waals surface area contributed by atoms with E-state index in [1.807, 2.05) is 35.3 Å². The number of aromatic nitrogens is 5. The van der Waals surface area contributed by atoms with Crippen molar-refractivity contribution in [3.63, 3.8) is 0 Å². The van der Waals surface area contributed by atoms with Crippen LogP contribution in [0.1, 0.15) is 50.7 Å². The van der Waals surface area contributed by atoms with Gasteiger partial charge in [-0.2, -0.15) is 0 Å². The molecule has 0 bridgehead atoms. The van der Waals surface area contributed by atoms with Gasteiger partial charge in [-0.05, 0) is 61.0 Å². The lowest BCUT2D eigenvalue weighted by molar-refractivity contribution is 0.203. The van der Waals surface area contributed by atoms with Crippen LogP contribution in [0.4, 0.5) is 0 Å². The summed E-state index contributed by atoms with van der Waals surface area (Å²) >= 11 is 0. The van der Waals surface area contributed by atoms with Gasteiger partial charge in [0.25, 0.3) is 0 Å². The molecule has 6 heteroatoms. The minimum absolute atomic E-state index is 0.0440. The lowest BCUT2D eigenvalue weighted by atomic mass is 10.0. The molecule has 0 saturated carbocycles. The van der Waals surface area contributed by atoms with Crippen molar-refractivity contribution >= 4 is 0 Å². The number of tetrazole rings is 1. The van der Waals surface area contributed by atoms with E-state index in [0.29, 0.717) is 0 Å². The van der Waals surface area contributed by atoms with E-state index >= 15 is 0 Å². The van der Waals surface area contributed by atoms with Crippen LogP contribution in [0.25, 0.3) is 0 Å². The van der Waals surface area contributed by atoms with Crippen molar-refractivity contribution in [2.24, 2.45) is 0 Å². The van der Waals surface area contributed by atoms with E-state index in [9.17, 15) is 0 Å². The zero-order valence-corrected chi connectivity index (χ0v) is 15.9. The molecule has 1 atom stereocenters. The van der Waals surface area contributed by atoms with Gasteiger partial charge in [0.1, 0.15) is 0 Å². The minimum Gasteiger partial charge on any atom is -0.286 e. The first-order chi connectivity index (χ1) is 12.5. The molecule has 0 unspecified atom stereocenters. The third kappa shape index (κ3) is 3.96. The summed E-state index contributed by atoms with van der Waals surface area (Å²) in [7, 11) is 0. The van der Waals surface area contributed by atoms with Crippen molar-refractivity contribution in [1.29, 1.82) is 0 Å². The molecule has 136 valence electrons. The van der Waals surface area contributed by atoms with Crippen molar-refractivity contribution in [2.45, 2.75) is 45.8 Å². The number of hydrogen-bond acceptors (Lipinski definition) is 5. The molecular formula is C20H26N6. The van der Waals surface area contributed by atoms with Crippen LogP contribution in [-0.4, -0.2) is 36.6 Å². The first-order valence-electron chi connectivity index (χ1n) is 8.97. The van der Waals surface area contributed by atoms with E-state index in [0.717, 1.165) is 24.5 Å². The van der Waals surface area contributed by atoms with Crippen molar-refractivity contribution in [3.8, 4) is 0 Å². The zero-order chi connectivity index (χ0) is 18.6. The molecular weight excluding hydrogens is 324 g/mol. The summed E-state index contributed by atoms with van der Waals surface area (Å²) in [4.78, 5) is 6.56. The Morgan fingerprint density at radius 3 is 2.35 bits per heavy atom. The van der Waals surface area contributed by atoms with Crippen molar-refractivity contribution < 1.29 is 0 Å². The maximum Gasteiger partial charge on any atom is 0.173 e. The monoisotopic (exact) mass is 350 g/mol. The van der Waals surface area contributed by atoms with Crippen LogP contribution in [0.15, 0.2) is 54.9 Å². The van der Waals surface area contributed by atoms with Crippen LogP contribution in [-0.2, 0) is 12.1 Å². The molecule has 0 amide bonds. The normalized spacial score (nSPS) is 13.1. The molecule has 0 N–H and O–H groups in total. The summed E-state index contributed by atoms with van der Waals surface area (Å²) in [5.74, 6) is 0.849. The van der Waals surface area contributed by atoms with Gasteiger partial charge in [0, 0.05) is 18.9 Å². The smallest absolute Gasteiger partial charge is 0.173 e. The van der Waals surface area contributed by atoms with Crippen LogP contribution in [0.2, 0.25) is 0 Å². The van der Waals surface area contributed by atoms with Gasteiger partial charge >= 0.3 is 0 Å². The molecule has 0 aliphatic heterocycles. The summed E-state index contributed by atoms with van der Waals surface area (Å²) in [6.07, 6.45) is 3.65. The third-order valence-electron chi connectivity index (χ3n) is 4.40. The van der Waals surface area contributed by atoms with Crippen LogP contribution < -0.4 is 0 Å². The molecule has 6 nitrogen and oxygen atoms in total. The summed E-state index contributed by atoms with van der Waals surface area (Å²) in [5.41, 5.74) is 2.21. The maximum absolute atomic E-state index is 4.41. The van der Waals surface area contributed by atoms with Crippen molar-refractivity contribution in [2.75, 3.05) is 6.54 Å². The van der Waals surface area contributed by atoms with E-state index in [1.54, 1.807) is 0 Å². The van der Waals surface area contributed by atoms with Gasteiger partial charge in [0.05, 0.1) is 11.6 Å². The summed E-state index contributed by atoms with van der Waals surface area (Å²) in [6, 6.07) is 14.5. The van der Waals surface area contributed by atoms with Crippen LogP contribution in [0.3, 0.4) is 0 Å². The van der Waals surface area contributed by atoms with Gasteiger partial charge in [-0.1, -0.05) is 37.3 Å². The van der Waals surface area contributed by atoms with Gasteiger partial charge in [-0.15, -0.1) is 5.10 Å². The Morgan fingerprint density at radius 2 is 1.73 bits per heavy atom. The van der Waals surface area contributed by atoms with Gasteiger partial charge in [0.2, 0.25) is 0 Å². The predicted octanol–water partition coefficient (Wildman–Crippen LogP) is 3.43. The van der Waals surface area contributed by atoms with Gasteiger partial charge < -0.3 is 0 Å². The Kier molecular flexibility index (Phi) is 5.42. The quantitative estimate of drug-likeness (QED) is 0.681. The topological polar surface area (TPSA) is 59.7 Å². The first-order valence-corrected chi connectivity index (χ1v) is 8.97. The number of benzene rings is 1. The second-order valence-electron chi connectivity index (χ2n) is 7.35. The molecule has 0 spiro atoms. The summed E-state index contributed by atoms with van der Waals surface area (Å²) in [5, 5.41) is 12.7. The Labute approximate surface area is 154 Å². The molecule has 0 aliphatic carbocycles. The van der Waals surface area contributed by atoms with Gasteiger partial charge in [0.15, 0.2) is 5.82 Å². The number of rotatable bonds is 6. The highest BCUT2D eigenvalue weighted by Gasteiger charge is 2.30. The fourth-order valence-corrected chi connectivity index (χ4v) is 3.11. The molecule has 0 radical (unpaired) electrons. The molecule has 3 aromatic rings. The summed E-state index contributed by atoms with van der Waals surface area (Å²) < 4.78 is 1.92. The Balaban J connectivity index is 2.05. The second kappa shape index (κ2) is 7.74.